The van der Waals surface area contributed by atoms with E-state index in [0.717, 1.165) is 19.3 Å². The Bertz CT molecular complexity index is 575. The molecule has 0 aromatic heterocycles. The number of rotatable bonds is 12. The molecule has 0 unspecified atom stereocenters. The molecule has 0 aromatic carbocycles. The molecule has 31 heavy (non-hydrogen) atoms. The summed E-state index contributed by atoms with van der Waals surface area (Å²) in [6.45, 7) is 12.9. The van der Waals surface area contributed by atoms with Crippen molar-refractivity contribution >= 4 is 14.3 Å². The van der Waals surface area contributed by atoms with E-state index in [1.165, 1.54) is 45.6 Å². The van der Waals surface area contributed by atoms with E-state index < -0.39 is 38.4 Å². The normalized spacial score (nSPS) is 31.5. The number of cyclic esters (lactones) is 1. The molecular weight excluding hydrogens is 412 g/mol. The summed E-state index contributed by atoms with van der Waals surface area (Å²) in [5.41, 5.74) is -1.38. The quantitative estimate of drug-likeness (QED) is 0.242. The Hall–Kier alpha value is -0.473. The Morgan fingerprint density at radius 2 is 1.68 bits per heavy atom. The van der Waals surface area contributed by atoms with Crippen LogP contribution in [0.1, 0.15) is 91.9 Å². The molecule has 6 nitrogen and oxygen atoms in total. The maximum Gasteiger partial charge on any atom is 0.341 e. The largest absolute Gasteiger partial charge is 0.460 e. The van der Waals surface area contributed by atoms with Gasteiger partial charge in [0.2, 0.25) is 0 Å². The summed E-state index contributed by atoms with van der Waals surface area (Å²) in [6, 6.07) is 0. The minimum Gasteiger partial charge on any atom is -0.460 e. The van der Waals surface area contributed by atoms with Crippen molar-refractivity contribution < 1.29 is 28.5 Å². The maximum atomic E-state index is 12.8. The molecule has 2 heterocycles. The zero-order chi connectivity index (χ0) is 23.3. The van der Waals surface area contributed by atoms with Gasteiger partial charge in [0.15, 0.2) is 20.2 Å². The molecule has 0 aromatic rings. The molecule has 0 bridgehead atoms. The van der Waals surface area contributed by atoms with Gasteiger partial charge in [0.25, 0.3) is 0 Å². The van der Waals surface area contributed by atoms with Crippen molar-refractivity contribution in [3.8, 4) is 0 Å². The maximum absolute atomic E-state index is 12.8. The van der Waals surface area contributed by atoms with Gasteiger partial charge >= 0.3 is 5.97 Å². The first-order chi connectivity index (χ1) is 14.5. The van der Waals surface area contributed by atoms with Gasteiger partial charge in [0.05, 0.1) is 0 Å². The summed E-state index contributed by atoms with van der Waals surface area (Å²) in [5.74, 6) is -0.479. The predicted molar refractivity (Wildman–Crippen MR) is 124 cm³/mol. The molecule has 2 saturated heterocycles. The van der Waals surface area contributed by atoms with Gasteiger partial charge in [0.1, 0.15) is 18.3 Å². The third kappa shape index (κ3) is 6.31. The van der Waals surface area contributed by atoms with Crippen LogP contribution in [-0.4, -0.2) is 56.7 Å². The fraction of sp³-hybridized carbons (Fsp3) is 0.958. The van der Waals surface area contributed by atoms with Gasteiger partial charge in [-0.25, -0.2) is 4.79 Å². The van der Waals surface area contributed by atoms with Gasteiger partial charge in [0, 0.05) is 13.5 Å². The Morgan fingerprint density at radius 3 is 2.23 bits per heavy atom. The number of unbranched alkanes of at least 4 members (excludes halogenated alkanes) is 7. The number of methoxy groups -OCH3 is 1. The monoisotopic (exact) mass is 458 g/mol. The topological polar surface area (TPSA) is 74.2 Å². The molecule has 0 amide bonds. The number of hydrogen-bond acceptors (Lipinski definition) is 6. The minimum atomic E-state index is -2.19. The Balaban J connectivity index is 1.91. The second-order valence-corrected chi connectivity index (χ2v) is 15.7. The van der Waals surface area contributed by atoms with Crippen LogP contribution in [0.2, 0.25) is 18.1 Å². The van der Waals surface area contributed by atoms with Gasteiger partial charge in [-0.05, 0) is 31.0 Å². The van der Waals surface area contributed by atoms with E-state index in [0.29, 0.717) is 6.42 Å². The van der Waals surface area contributed by atoms with E-state index >= 15 is 0 Å². The van der Waals surface area contributed by atoms with Gasteiger partial charge in [-0.1, -0.05) is 72.6 Å². The van der Waals surface area contributed by atoms with Gasteiger partial charge in [-0.2, -0.15) is 0 Å². The van der Waals surface area contributed by atoms with Crippen molar-refractivity contribution in [2.45, 2.75) is 140 Å². The fourth-order valence-electron chi connectivity index (χ4n) is 4.30. The standard InChI is InChI=1S/C24H46O6Si/c1-8-9-10-11-12-13-14-15-16-18-17-24(22(26)28-18)20(25)19(21(27-5)29-24)30-31(6,7)23(2,3)4/h18-21,25H,8-17H2,1-7H3/t18-,19-,20-,21-,24+/m0/s1. The Morgan fingerprint density at radius 1 is 1.10 bits per heavy atom. The molecule has 2 fully saturated rings. The van der Waals surface area contributed by atoms with E-state index in [-0.39, 0.29) is 11.1 Å². The van der Waals surface area contributed by atoms with Crippen LogP contribution in [0.25, 0.3) is 0 Å². The first-order valence-corrected chi connectivity index (χ1v) is 15.2. The lowest BCUT2D eigenvalue weighted by Gasteiger charge is -2.39. The summed E-state index contributed by atoms with van der Waals surface area (Å²) in [5, 5.41) is 11.1. The number of ether oxygens (including phenoxy) is 3. The fourth-order valence-corrected chi connectivity index (χ4v) is 5.57. The molecular formula is C24H46O6Si. The molecule has 2 aliphatic heterocycles. The molecule has 5 atom stereocenters. The Labute approximate surface area is 190 Å². The van der Waals surface area contributed by atoms with Crippen LogP contribution in [0.3, 0.4) is 0 Å². The molecule has 1 spiro atoms. The van der Waals surface area contributed by atoms with Crippen molar-refractivity contribution in [2.24, 2.45) is 0 Å². The van der Waals surface area contributed by atoms with Crippen LogP contribution in [0.15, 0.2) is 0 Å². The van der Waals surface area contributed by atoms with Gasteiger partial charge in [-0.15, -0.1) is 0 Å². The average molecular weight is 459 g/mol. The summed E-state index contributed by atoms with van der Waals surface area (Å²) in [6.07, 6.45) is 8.29. The minimum absolute atomic E-state index is 0.0317. The van der Waals surface area contributed by atoms with Crippen molar-refractivity contribution in [3.63, 3.8) is 0 Å². The number of aliphatic hydroxyl groups is 1. The molecule has 0 radical (unpaired) electrons. The van der Waals surface area contributed by atoms with Crippen LogP contribution in [0, 0.1) is 0 Å². The summed E-state index contributed by atoms with van der Waals surface area (Å²) in [7, 11) is -0.667. The highest BCUT2D eigenvalue weighted by Crippen LogP contribution is 2.46. The first kappa shape index (κ1) is 26.8. The second-order valence-electron chi connectivity index (χ2n) is 10.9. The van der Waals surface area contributed by atoms with E-state index in [9.17, 15) is 9.90 Å². The molecule has 1 N–H and O–H groups in total. The smallest absolute Gasteiger partial charge is 0.341 e. The number of carbonyl (C=O) groups is 1. The highest BCUT2D eigenvalue weighted by molar-refractivity contribution is 6.74. The number of carbonyl (C=O) groups excluding carboxylic acids is 1. The van der Waals surface area contributed by atoms with Crippen LogP contribution in [0.5, 0.6) is 0 Å². The summed E-state index contributed by atoms with van der Waals surface area (Å²) >= 11 is 0. The van der Waals surface area contributed by atoms with E-state index in [2.05, 4.69) is 40.8 Å². The third-order valence-electron chi connectivity index (χ3n) is 7.38. The van der Waals surface area contributed by atoms with E-state index in [1.807, 2.05) is 0 Å². The molecule has 2 rings (SSSR count). The van der Waals surface area contributed by atoms with E-state index in [1.54, 1.807) is 0 Å². The Kier molecular flexibility index (Phi) is 9.59. The third-order valence-corrected chi connectivity index (χ3v) is 11.9. The van der Waals surface area contributed by atoms with Gasteiger partial charge < -0.3 is 23.7 Å². The first-order valence-electron chi connectivity index (χ1n) is 12.3. The number of aliphatic hydroxyl groups excluding tert-OH is 1. The number of hydrogen-bond donors (Lipinski definition) is 1. The predicted octanol–water partition coefficient (Wildman–Crippen LogP) is 5.33. The molecule has 0 aliphatic carbocycles. The molecule has 7 heteroatoms. The van der Waals surface area contributed by atoms with Crippen LogP contribution < -0.4 is 0 Å². The van der Waals surface area contributed by atoms with Crippen molar-refractivity contribution in [2.75, 3.05) is 7.11 Å². The molecule has 182 valence electrons. The highest BCUT2D eigenvalue weighted by Gasteiger charge is 2.66. The zero-order valence-corrected chi connectivity index (χ0v) is 21.9. The van der Waals surface area contributed by atoms with Crippen LogP contribution in [0.4, 0.5) is 0 Å². The van der Waals surface area contributed by atoms with Gasteiger partial charge in [-0.3, -0.25) is 0 Å². The van der Waals surface area contributed by atoms with Crippen molar-refractivity contribution in [1.29, 1.82) is 0 Å². The highest BCUT2D eigenvalue weighted by atomic mass is 28.4. The zero-order valence-electron chi connectivity index (χ0n) is 20.9. The lowest BCUT2D eigenvalue weighted by Crippen LogP contribution is -2.52. The van der Waals surface area contributed by atoms with Crippen LogP contribution in [-0.2, 0) is 23.4 Å². The molecule has 0 saturated carbocycles. The SMILES string of the molecule is CCCCCCCCCC[C@H]1C[C@]2(O[C@H](OC)[C@@H](O[Si](C)(C)C(C)(C)C)[C@@H]2O)C(=O)O1. The summed E-state index contributed by atoms with van der Waals surface area (Å²) in [4.78, 5) is 12.8. The van der Waals surface area contributed by atoms with Crippen molar-refractivity contribution in [3.05, 3.63) is 0 Å². The lowest BCUT2D eigenvalue weighted by atomic mass is 9.90. The summed E-state index contributed by atoms with van der Waals surface area (Å²) < 4.78 is 23.6. The number of esters is 1. The van der Waals surface area contributed by atoms with Crippen molar-refractivity contribution in [1.82, 2.24) is 0 Å². The van der Waals surface area contributed by atoms with Crippen LogP contribution >= 0.6 is 0 Å². The average Bonchev–Trinajstić information content (AvgIpc) is 3.14. The molecule has 2 aliphatic rings. The second kappa shape index (κ2) is 11.1. The lowest BCUT2D eigenvalue weighted by molar-refractivity contribution is -0.188. The van der Waals surface area contributed by atoms with E-state index in [4.69, 9.17) is 18.6 Å².